The van der Waals surface area contributed by atoms with E-state index in [0.717, 1.165) is 0 Å². The zero-order valence-corrected chi connectivity index (χ0v) is 11.7. The molecule has 0 saturated carbocycles. The van der Waals surface area contributed by atoms with E-state index in [1.54, 1.807) is 0 Å². The largest absolute Gasteiger partial charge is 0.222 e. The number of nitro groups is 1. The number of halogens is 2. The molecular weight excluding hydrogens is 374 g/mol. The van der Waals surface area contributed by atoms with E-state index in [0.29, 0.717) is 0 Å². The van der Waals surface area contributed by atoms with Crippen LogP contribution in [0.3, 0.4) is 0 Å². The second-order valence-corrected chi connectivity index (χ2v) is 2.84. The molecule has 0 heterocycles. The fourth-order valence-corrected chi connectivity index (χ4v) is 0. The first-order valence-corrected chi connectivity index (χ1v) is 4.68. The molecule has 0 aliphatic rings. The standard InChI is InChI=1S/2ClHO4.Co.NO2.5H3N/c2*2-1(3,4)5;;2-1-3;;;;;/h2*(H,2,3,4,5);;;5*1H3/q;;+2;;;;;;/p-2. The third-order valence-electron chi connectivity index (χ3n) is 0. The van der Waals surface area contributed by atoms with Gasteiger partial charge in [-0.1, -0.05) is 0 Å². The summed E-state index contributed by atoms with van der Waals surface area (Å²) in [4.78, 5) is 8.67. The summed E-state index contributed by atoms with van der Waals surface area (Å²) in [5.41, 5.74) is 0. The van der Waals surface area contributed by atoms with Gasteiger partial charge in [0.05, 0.1) is 0 Å². The van der Waals surface area contributed by atoms with Gasteiger partial charge in [0, 0.05) is 0 Å². The van der Waals surface area contributed by atoms with Crippen LogP contribution in [0.1, 0.15) is 0 Å². The summed E-state index contributed by atoms with van der Waals surface area (Å²) in [5.74, 6) is 0. The predicted octanol–water partition coefficient (Wildman–Crippen LogP) is -8.98. The predicted molar refractivity (Wildman–Crippen MR) is 32.1 cm³/mol. The number of hydrogen-bond donors (Lipinski definition) is 5. The van der Waals surface area contributed by atoms with Crippen LogP contribution in [0.2, 0.25) is 0 Å². The quantitative estimate of drug-likeness (QED) is 0.189. The number of hydrogen-bond acceptors (Lipinski definition) is 15. The molecule has 15 N–H and O–H groups in total. The minimum Gasteiger partial charge on any atom is -0.222 e. The van der Waals surface area contributed by atoms with Crippen molar-refractivity contribution < 1.29 is 77.7 Å². The Labute approximate surface area is 119 Å². The van der Waals surface area contributed by atoms with Gasteiger partial charge >= 0.3 is 30.0 Å². The van der Waals surface area contributed by atoms with Crippen LogP contribution in [0, 0.1) is 30.6 Å². The fraction of sp³-hybridized carbons (Fsp3) is 0. The second kappa shape index (κ2) is 23.1. The van der Waals surface area contributed by atoms with E-state index in [1.807, 2.05) is 0 Å². The molecule has 128 valence electrons. The van der Waals surface area contributed by atoms with Crippen molar-refractivity contribution >= 4 is 0 Å². The third-order valence-corrected chi connectivity index (χ3v) is 0. The van der Waals surface area contributed by atoms with Gasteiger partial charge in [-0.15, -0.1) is 20.5 Å². The summed E-state index contributed by atoms with van der Waals surface area (Å²) in [5, 5.41) is 8.67. The van der Waals surface area contributed by atoms with Crippen LogP contribution in [0.15, 0.2) is 0 Å². The molecule has 0 rings (SSSR count). The molecule has 19 heteroatoms. The monoisotopic (exact) mass is 388 g/mol. The fourth-order valence-electron chi connectivity index (χ4n) is 0. The smallest absolute Gasteiger partial charge is 0.112 e. The average Bonchev–Trinajstić information content (AvgIpc) is 1.45. The Bertz CT molecular complexity index is 129. The minimum absolute atomic E-state index is 0. The van der Waals surface area contributed by atoms with E-state index >= 15 is 0 Å². The zero-order chi connectivity index (χ0) is 12.6. The van der Waals surface area contributed by atoms with Gasteiger partial charge in [0.2, 0.25) is 0 Å². The summed E-state index contributed by atoms with van der Waals surface area (Å²) in [6.07, 6.45) is 0. The average molecular weight is 389 g/mol. The van der Waals surface area contributed by atoms with E-state index in [-0.39, 0.29) is 30.8 Å². The Morgan fingerprint density at radius 2 is 0.632 bits per heavy atom. The van der Waals surface area contributed by atoms with Gasteiger partial charge in [0.15, 0.2) is 0 Å². The van der Waals surface area contributed by atoms with Crippen molar-refractivity contribution in [2.75, 3.05) is 0 Å². The van der Waals surface area contributed by atoms with E-state index in [9.17, 15) is 0 Å². The van der Waals surface area contributed by atoms with Gasteiger partial charge in [-0.2, -0.15) is 0 Å². The van der Waals surface area contributed by atoms with Crippen LogP contribution < -0.4 is 68.0 Å². The molecule has 0 saturated heterocycles. The first-order valence-electron chi connectivity index (χ1n) is 1.75. The van der Waals surface area contributed by atoms with Crippen molar-refractivity contribution in [1.29, 1.82) is 0 Å². The first-order chi connectivity index (χ1) is 5.73. The van der Waals surface area contributed by atoms with Crippen molar-refractivity contribution in [3.63, 3.8) is 0 Å². The molecule has 0 fully saturated rings. The molecule has 0 aromatic rings. The van der Waals surface area contributed by atoms with E-state index in [1.165, 1.54) is 0 Å². The van der Waals surface area contributed by atoms with Crippen molar-refractivity contribution in [2.45, 2.75) is 0 Å². The molecule has 0 unspecified atom stereocenters. The summed E-state index contributed by atoms with van der Waals surface area (Å²) < 4.78 is 67.1. The normalized spacial score (nSPS) is 7.63. The molecule has 0 atom stereocenters. The molecule has 0 aliphatic heterocycles. The Balaban J connectivity index is -0.0000000141. The van der Waals surface area contributed by atoms with Gasteiger partial charge in [0.1, 0.15) is 0 Å². The maximum absolute atomic E-state index is 8.67. The van der Waals surface area contributed by atoms with Crippen molar-refractivity contribution in [3.05, 3.63) is 10.1 Å². The summed E-state index contributed by atoms with van der Waals surface area (Å²) in [7, 11) is -9.89. The number of rotatable bonds is 0. The molecule has 16 nitrogen and oxygen atoms in total. The Morgan fingerprint density at radius 1 is 0.632 bits per heavy atom. The van der Waals surface area contributed by atoms with Gasteiger partial charge in [-0.25, -0.2) is 37.3 Å². The van der Waals surface area contributed by atoms with Crippen molar-refractivity contribution in [2.24, 2.45) is 0 Å². The van der Waals surface area contributed by atoms with Crippen LogP contribution in [-0.2, 0) is 16.0 Å². The zero-order valence-electron chi connectivity index (χ0n) is 9.15. The van der Waals surface area contributed by atoms with Crippen LogP contribution in [0.4, 0.5) is 0 Å². The molecule has 0 radical (unpaired) electrons. The van der Waals surface area contributed by atoms with Gasteiger partial charge in [-0.3, -0.25) is 0 Å². The molecule has 0 aromatic heterocycles. The van der Waals surface area contributed by atoms with Crippen LogP contribution >= 0.6 is 0 Å². The topological polar surface area (TPSA) is 403 Å². The first kappa shape index (κ1) is 50.9. The SMILES string of the molecule is N.N.N.N.N.O=[N+]([O-])[Co+2].[O-][Cl+3]([O-])([O-])[O-].[O-][Cl+3]([O-])([O-])[O-]. The van der Waals surface area contributed by atoms with E-state index < -0.39 is 24.5 Å². The third kappa shape index (κ3) is 4080000. The van der Waals surface area contributed by atoms with E-state index in [4.69, 9.17) is 47.4 Å². The van der Waals surface area contributed by atoms with Gasteiger partial charge in [0.25, 0.3) is 0 Å². The van der Waals surface area contributed by atoms with E-state index in [2.05, 4.69) is 16.0 Å². The maximum atomic E-state index is 8.67. The van der Waals surface area contributed by atoms with Crippen LogP contribution in [-0.4, -0.2) is 3.97 Å². The number of nitrogens with zero attached hydrogens (tertiary/aromatic N) is 1. The molecule has 0 bridgehead atoms. The van der Waals surface area contributed by atoms with Crippen LogP contribution in [0.5, 0.6) is 0 Å². The summed E-state index contributed by atoms with van der Waals surface area (Å²) in [6, 6.07) is 0. The Hall–Kier alpha value is -0.0335. The van der Waals surface area contributed by atoms with Crippen molar-refractivity contribution in [3.8, 4) is 0 Å². The molecule has 19 heavy (non-hydrogen) atoms. The summed E-state index contributed by atoms with van der Waals surface area (Å²) in [6.45, 7) is 0. The van der Waals surface area contributed by atoms with Gasteiger partial charge in [-0.05, 0) is 0 Å². The van der Waals surface area contributed by atoms with Gasteiger partial charge < -0.3 is 30.8 Å². The van der Waals surface area contributed by atoms with Crippen molar-refractivity contribution in [1.82, 2.24) is 30.8 Å². The molecule has 0 spiro atoms. The maximum Gasteiger partial charge on any atom is -0.112 e. The molecule has 0 aromatic carbocycles. The molecule has 0 aliphatic carbocycles. The Morgan fingerprint density at radius 3 is 0.632 bits per heavy atom. The van der Waals surface area contributed by atoms with Crippen LogP contribution in [0.25, 0.3) is 0 Å². The summed E-state index contributed by atoms with van der Waals surface area (Å²) >= 11 is 2.73. The minimum atomic E-state index is -4.94. The second-order valence-electron chi connectivity index (χ2n) is 0.952. The molecule has 0 amide bonds. The molecular formula is H15Cl2CoN6O10. The Kier molecular flexibility index (Phi) is 61.9.